The Balaban J connectivity index is 2.18. The van der Waals surface area contributed by atoms with Crippen molar-refractivity contribution in [1.29, 1.82) is 0 Å². The monoisotopic (exact) mass is 315 g/mol. The number of aryl methyl sites for hydroxylation is 1. The molecule has 2 rings (SSSR count). The lowest BCUT2D eigenvalue weighted by molar-refractivity contribution is 0.262. The van der Waals surface area contributed by atoms with E-state index < -0.39 is 0 Å². The van der Waals surface area contributed by atoms with Gasteiger partial charge in [0.1, 0.15) is 5.69 Å². The molecule has 2 aromatic rings. The van der Waals surface area contributed by atoms with Gasteiger partial charge in [-0.1, -0.05) is 12.1 Å². The Bertz CT molecular complexity index is 716. The molecular formula is C16H21N5O2. The number of ether oxygens (including phenoxy) is 1. The molecule has 1 aromatic heterocycles. The van der Waals surface area contributed by atoms with Gasteiger partial charge in [-0.2, -0.15) is 4.98 Å². The molecule has 0 atom stereocenters. The maximum absolute atomic E-state index is 12.2. The summed E-state index contributed by atoms with van der Waals surface area (Å²) in [5, 5.41) is 5.60. The Morgan fingerprint density at radius 2 is 1.87 bits per heavy atom. The van der Waals surface area contributed by atoms with E-state index in [2.05, 4.69) is 20.6 Å². The Hall–Kier alpha value is -2.83. The van der Waals surface area contributed by atoms with E-state index >= 15 is 0 Å². The second-order valence-electron chi connectivity index (χ2n) is 5.32. The van der Waals surface area contributed by atoms with Crippen LogP contribution in [-0.4, -0.2) is 37.2 Å². The summed E-state index contributed by atoms with van der Waals surface area (Å²) >= 11 is 0. The first-order chi connectivity index (χ1) is 10.9. The fraction of sp³-hybridized carbons (Fsp3) is 0.312. The zero-order valence-electron chi connectivity index (χ0n) is 14.0. The number of carbonyl (C=O) groups is 1. The van der Waals surface area contributed by atoms with E-state index in [4.69, 9.17) is 4.74 Å². The van der Waals surface area contributed by atoms with Crippen molar-refractivity contribution in [3.8, 4) is 6.01 Å². The van der Waals surface area contributed by atoms with Crippen molar-refractivity contribution in [3.63, 3.8) is 0 Å². The molecule has 7 nitrogen and oxygen atoms in total. The molecule has 7 heteroatoms. The van der Waals surface area contributed by atoms with Crippen molar-refractivity contribution >= 4 is 23.2 Å². The van der Waals surface area contributed by atoms with Gasteiger partial charge in [-0.05, 0) is 31.0 Å². The quantitative estimate of drug-likeness (QED) is 0.907. The second kappa shape index (κ2) is 6.95. The Kier molecular flexibility index (Phi) is 5.00. The zero-order chi connectivity index (χ0) is 17.0. The second-order valence-corrected chi connectivity index (χ2v) is 5.32. The van der Waals surface area contributed by atoms with Crippen molar-refractivity contribution in [2.75, 3.05) is 36.7 Å². The average Bonchev–Trinajstić information content (AvgIpc) is 2.52. The van der Waals surface area contributed by atoms with Gasteiger partial charge in [-0.15, -0.1) is 0 Å². The predicted octanol–water partition coefficient (Wildman–Crippen LogP) is 2.81. The maximum atomic E-state index is 12.2. The number of hydrogen-bond acceptors (Lipinski definition) is 5. The third kappa shape index (κ3) is 3.88. The third-order valence-corrected chi connectivity index (χ3v) is 3.45. The molecule has 0 unspecified atom stereocenters. The van der Waals surface area contributed by atoms with Gasteiger partial charge < -0.3 is 20.3 Å². The standard InChI is InChI=1S/C16H21N5O2/c1-10-7-6-8-12(11(10)2)18-15(22)19-13-9-17-16(23-5)20-14(13)21(3)4/h6-9H,1-5H3,(H2,18,19,22). The molecular weight excluding hydrogens is 294 g/mol. The van der Waals surface area contributed by atoms with Gasteiger partial charge in [-0.3, -0.25) is 0 Å². The van der Waals surface area contributed by atoms with Gasteiger partial charge in [0.25, 0.3) is 0 Å². The Morgan fingerprint density at radius 1 is 1.17 bits per heavy atom. The van der Waals surface area contributed by atoms with Crippen LogP contribution in [0.4, 0.5) is 22.0 Å². The molecule has 0 fully saturated rings. The molecule has 0 saturated heterocycles. The highest BCUT2D eigenvalue weighted by Gasteiger charge is 2.13. The van der Waals surface area contributed by atoms with E-state index in [-0.39, 0.29) is 12.0 Å². The van der Waals surface area contributed by atoms with Crippen molar-refractivity contribution < 1.29 is 9.53 Å². The van der Waals surface area contributed by atoms with E-state index in [1.165, 1.54) is 13.3 Å². The summed E-state index contributed by atoms with van der Waals surface area (Å²) in [6.45, 7) is 3.96. The number of aromatic nitrogens is 2. The largest absolute Gasteiger partial charge is 0.467 e. The summed E-state index contributed by atoms with van der Waals surface area (Å²) in [5.74, 6) is 0.563. The SMILES string of the molecule is COc1ncc(NC(=O)Nc2cccc(C)c2C)c(N(C)C)n1. The van der Waals surface area contributed by atoms with Crippen molar-refractivity contribution in [1.82, 2.24) is 9.97 Å². The van der Waals surface area contributed by atoms with Crippen LogP contribution >= 0.6 is 0 Å². The van der Waals surface area contributed by atoms with Gasteiger partial charge in [0.05, 0.1) is 13.3 Å². The molecule has 23 heavy (non-hydrogen) atoms. The lowest BCUT2D eigenvalue weighted by atomic mass is 10.1. The number of methoxy groups -OCH3 is 1. The minimum absolute atomic E-state index is 0.245. The van der Waals surface area contributed by atoms with Crippen LogP contribution in [-0.2, 0) is 0 Å². The first kappa shape index (κ1) is 16.5. The molecule has 0 radical (unpaired) electrons. The van der Waals surface area contributed by atoms with Crippen molar-refractivity contribution in [2.24, 2.45) is 0 Å². The van der Waals surface area contributed by atoms with Gasteiger partial charge >= 0.3 is 12.0 Å². The number of carbonyl (C=O) groups excluding carboxylic acids is 1. The Labute approximate surface area is 135 Å². The fourth-order valence-electron chi connectivity index (χ4n) is 2.05. The summed E-state index contributed by atoms with van der Waals surface area (Å²) < 4.78 is 5.01. The highest BCUT2D eigenvalue weighted by molar-refractivity contribution is 6.01. The lowest BCUT2D eigenvalue weighted by Crippen LogP contribution is -2.23. The number of anilines is 3. The van der Waals surface area contributed by atoms with Crippen LogP contribution in [0.1, 0.15) is 11.1 Å². The topological polar surface area (TPSA) is 79.4 Å². The van der Waals surface area contributed by atoms with Crippen molar-refractivity contribution in [3.05, 3.63) is 35.5 Å². The highest BCUT2D eigenvalue weighted by atomic mass is 16.5. The van der Waals surface area contributed by atoms with Crippen LogP contribution in [0.2, 0.25) is 0 Å². The number of rotatable bonds is 4. The van der Waals surface area contributed by atoms with E-state index in [1.807, 2.05) is 46.1 Å². The summed E-state index contributed by atoms with van der Waals surface area (Å²) in [6.07, 6.45) is 1.52. The first-order valence-electron chi connectivity index (χ1n) is 7.15. The van der Waals surface area contributed by atoms with Gasteiger partial charge in [0.15, 0.2) is 5.82 Å². The van der Waals surface area contributed by atoms with E-state index in [1.54, 1.807) is 4.90 Å². The predicted molar refractivity (Wildman–Crippen MR) is 91.5 cm³/mol. The summed E-state index contributed by atoms with van der Waals surface area (Å²) in [5.41, 5.74) is 3.41. The zero-order valence-corrected chi connectivity index (χ0v) is 14.0. The molecule has 0 bridgehead atoms. The smallest absolute Gasteiger partial charge is 0.323 e. The number of amides is 2. The van der Waals surface area contributed by atoms with Crippen LogP contribution in [0.3, 0.4) is 0 Å². The van der Waals surface area contributed by atoms with Crippen molar-refractivity contribution in [2.45, 2.75) is 13.8 Å². The minimum atomic E-state index is -0.351. The van der Waals surface area contributed by atoms with E-state index in [0.717, 1.165) is 16.8 Å². The minimum Gasteiger partial charge on any atom is -0.467 e. The molecule has 0 aliphatic heterocycles. The van der Waals surface area contributed by atoms with Crippen LogP contribution < -0.4 is 20.3 Å². The van der Waals surface area contributed by atoms with Gasteiger partial charge in [0, 0.05) is 19.8 Å². The van der Waals surface area contributed by atoms with Crippen LogP contribution in [0.15, 0.2) is 24.4 Å². The summed E-state index contributed by atoms with van der Waals surface area (Å²) in [7, 11) is 5.15. The number of hydrogen-bond donors (Lipinski definition) is 2. The number of nitrogens with one attached hydrogen (secondary N) is 2. The van der Waals surface area contributed by atoms with E-state index in [0.29, 0.717) is 11.5 Å². The maximum Gasteiger partial charge on any atom is 0.323 e. The van der Waals surface area contributed by atoms with Crippen LogP contribution in [0, 0.1) is 13.8 Å². The summed E-state index contributed by atoms with van der Waals surface area (Å²) in [6, 6.07) is 5.66. The lowest BCUT2D eigenvalue weighted by Gasteiger charge is -2.17. The molecule has 0 aliphatic rings. The number of nitrogens with zero attached hydrogens (tertiary/aromatic N) is 3. The molecule has 1 heterocycles. The molecule has 1 aromatic carbocycles. The Morgan fingerprint density at radius 3 is 2.52 bits per heavy atom. The molecule has 122 valence electrons. The third-order valence-electron chi connectivity index (χ3n) is 3.45. The molecule has 2 N–H and O–H groups in total. The average molecular weight is 315 g/mol. The van der Waals surface area contributed by atoms with Crippen LogP contribution in [0.25, 0.3) is 0 Å². The van der Waals surface area contributed by atoms with E-state index in [9.17, 15) is 4.79 Å². The molecule has 2 amide bonds. The molecule has 0 spiro atoms. The number of benzene rings is 1. The normalized spacial score (nSPS) is 10.1. The molecule has 0 aliphatic carbocycles. The van der Waals surface area contributed by atoms with Gasteiger partial charge in [-0.25, -0.2) is 9.78 Å². The first-order valence-corrected chi connectivity index (χ1v) is 7.15. The summed E-state index contributed by atoms with van der Waals surface area (Å²) in [4.78, 5) is 22.3. The highest BCUT2D eigenvalue weighted by Crippen LogP contribution is 2.23. The van der Waals surface area contributed by atoms with Gasteiger partial charge in [0.2, 0.25) is 0 Å². The van der Waals surface area contributed by atoms with Crippen LogP contribution in [0.5, 0.6) is 6.01 Å². The fourth-order valence-corrected chi connectivity index (χ4v) is 2.05. The molecule has 0 saturated carbocycles. The number of urea groups is 1.